The number of esters is 1. The van der Waals surface area contributed by atoms with Gasteiger partial charge in [0.25, 0.3) is 0 Å². The van der Waals surface area contributed by atoms with E-state index in [4.69, 9.17) is 9.47 Å². The fourth-order valence-corrected chi connectivity index (χ4v) is 5.92. The van der Waals surface area contributed by atoms with E-state index in [1.165, 1.54) is 6.08 Å². The van der Waals surface area contributed by atoms with E-state index in [9.17, 15) is 19.2 Å². The van der Waals surface area contributed by atoms with Gasteiger partial charge in [-0.25, -0.2) is 9.69 Å². The molecule has 1 aromatic carbocycles. The quantitative estimate of drug-likeness (QED) is 0.403. The number of para-hydroxylation sites is 1. The van der Waals surface area contributed by atoms with E-state index >= 15 is 0 Å². The van der Waals surface area contributed by atoms with Crippen molar-refractivity contribution in [1.82, 2.24) is 0 Å². The molecule has 1 spiro atoms. The molecule has 0 N–H and O–H groups in total. The van der Waals surface area contributed by atoms with Crippen molar-refractivity contribution in [2.45, 2.75) is 58.0 Å². The normalized spacial score (nSPS) is 29.9. The first-order valence-electron chi connectivity index (χ1n) is 11.1. The van der Waals surface area contributed by atoms with E-state index in [2.05, 4.69) is 0 Å². The van der Waals surface area contributed by atoms with Gasteiger partial charge in [-0.1, -0.05) is 23.8 Å². The minimum absolute atomic E-state index is 0.182. The molecule has 1 aliphatic heterocycles. The molecule has 0 saturated heterocycles. The van der Waals surface area contributed by atoms with Gasteiger partial charge in [-0.05, 0) is 76.5 Å². The molecule has 0 radical (unpaired) electrons. The van der Waals surface area contributed by atoms with E-state index in [1.807, 2.05) is 12.1 Å². The number of aldehydes is 1. The molecular formula is C25H29NO6. The van der Waals surface area contributed by atoms with Gasteiger partial charge in [0.15, 0.2) is 0 Å². The van der Waals surface area contributed by atoms with Gasteiger partial charge in [-0.2, -0.15) is 0 Å². The molecule has 0 unspecified atom stereocenters. The van der Waals surface area contributed by atoms with Crippen LogP contribution in [0.4, 0.5) is 10.5 Å². The molecule has 3 saturated carbocycles. The van der Waals surface area contributed by atoms with Crippen LogP contribution in [0, 0.1) is 17.8 Å². The molecule has 2 amide bonds. The van der Waals surface area contributed by atoms with Gasteiger partial charge in [-0.15, -0.1) is 0 Å². The Labute approximate surface area is 187 Å². The van der Waals surface area contributed by atoms with Crippen molar-refractivity contribution < 1.29 is 28.7 Å². The summed E-state index contributed by atoms with van der Waals surface area (Å²) in [5, 5.41) is 0. The molecule has 0 aromatic heterocycles. The van der Waals surface area contributed by atoms with E-state index in [1.54, 1.807) is 39.8 Å². The van der Waals surface area contributed by atoms with E-state index in [0.29, 0.717) is 24.1 Å². The molecule has 3 fully saturated rings. The van der Waals surface area contributed by atoms with Crippen molar-refractivity contribution in [2.24, 2.45) is 17.8 Å². The number of imide groups is 1. The zero-order valence-electron chi connectivity index (χ0n) is 18.9. The zero-order valence-corrected chi connectivity index (χ0v) is 18.9. The second-order valence-corrected chi connectivity index (χ2v) is 9.70. The molecule has 4 atom stereocenters. The van der Waals surface area contributed by atoms with Gasteiger partial charge in [0.05, 0.1) is 23.6 Å². The maximum atomic E-state index is 14.2. The van der Waals surface area contributed by atoms with Gasteiger partial charge in [-0.3, -0.25) is 14.4 Å². The predicted octanol–water partition coefficient (Wildman–Crippen LogP) is 3.94. The minimum atomic E-state index is -1.22. The molecule has 170 valence electrons. The average Bonchev–Trinajstić information content (AvgIpc) is 2.97. The number of rotatable bonds is 3. The molecule has 3 aliphatic carbocycles. The molecule has 7 heteroatoms. The zero-order chi connectivity index (χ0) is 23.3. The van der Waals surface area contributed by atoms with Crippen LogP contribution in [0.2, 0.25) is 0 Å². The maximum Gasteiger partial charge on any atom is 0.421 e. The molecule has 2 bridgehead atoms. The number of anilines is 1. The van der Waals surface area contributed by atoms with Crippen LogP contribution in [-0.4, -0.2) is 36.5 Å². The molecule has 5 rings (SSSR count). The molecule has 4 aliphatic rings. The second kappa shape index (κ2) is 7.87. The minimum Gasteiger partial charge on any atom is -0.466 e. The molecule has 1 aromatic rings. The Morgan fingerprint density at radius 2 is 1.94 bits per heavy atom. The largest absolute Gasteiger partial charge is 0.466 e. The Kier molecular flexibility index (Phi) is 5.47. The highest BCUT2D eigenvalue weighted by Crippen LogP contribution is 2.64. The van der Waals surface area contributed by atoms with Gasteiger partial charge < -0.3 is 9.47 Å². The lowest BCUT2D eigenvalue weighted by molar-refractivity contribution is -0.162. The molecule has 7 nitrogen and oxygen atoms in total. The monoisotopic (exact) mass is 439 g/mol. The first kappa shape index (κ1) is 22.2. The summed E-state index contributed by atoms with van der Waals surface area (Å²) in [6.07, 6.45) is 3.45. The number of carbonyl (C=O) groups is 4. The van der Waals surface area contributed by atoms with Crippen molar-refractivity contribution in [3.8, 4) is 0 Å². The van der Waals surface area contributed by atoms with E-state index < -0.39 is 34.9 Å². The number of benzene rings is 1. The summed E-state index contributed by atoms with van der Waals surface area (Å²) in [4.78, 5) is 53.0. The van der Waals surface area contributed by atoms with Crippen LogP contribution in [-0.2, 0) is 29.3 Å². The van der Waals surface area contributed by atoms with Crippen LogP contribution in [0.3, 0.4) is 0 Å². The number of carbonyl (C=O) groups excluding carboxylic acids is 4. The number of allylic oxidation sites excluding steroid dienone is 2. The third kappa shape index (κ3) is 3.17. The lowest BCUT2D eigenvalue weighted by Gasteiger charge is -2.54. The molecule has 32 heavy (non-hydrogen) atoms. The van der Waals surface area contributed by atoms with Crippen LogP contribution in [0.5, 0.6) is 0 Å². The SMILES string of the molecule is CCOC(=O)[C@H]1[C@@H]2CC[C@@H](C/C2=C\C=O)[C@]12C(=O)N(C(=O)OC(C)(C)C)c1ccccc12. The Morgan fingerprint density at radius 1 is 1.22 bits per heavy atom. The summed E-state index contributed by atoms with van der Waals surface area (Å²) in [5.74, 6) is -2.23. The smallest absolute Gasteiger partial charge is 0.421 e. The topological polar surface area (TPSA) is 90.0 Å². The Bertz CT molecular complexity index is 1010. The van der Waals surface area contributed by atoms with Crippen LogP contribution < -0.4 is 4.90 Å². The summed E-state index contributed by atoms with van der Waals surface area (Å²) in [6.45, 7) is 7.14. The Balaban J connectivity index is 1.91. The molecule has 1 heterocycles. The summed E-state index contributed by atoms with van der Waals surface area (Å²) >= 11 is 0. The van der Waals surface area contributed by atoms with Crippen LogP contribution in [0.25, 0.3) is 0 Å². The first-order valence-corrected chi connectivity index (χ1v) is 11.1. The lowest BCUT2D eigenvalue weighted by atomic mass is 9.47. The second-order valence-electron chi connectivity index (χ2n) is 9.70. The van der Waals surface area contributed by atoms with Crippen molar-refractivity contribution in [1.29, 1.82) is 0 Å². The van der Waals surface area contributed by atoms with Crippen LogP contribution in [0.15, 0.2) is 35.9 Å². The number of amides is 2. The van der Waals surface area contributed by atoms with Gasteiger partial charge >= 0.3 is 12.1 Å². The maximum absolute atomic E-state index is 14.2. The standard InChI is InChI=1S/C25H29NO6/c1-5-31-21(28)20-17-11-10-16(14-15(17)12-13-27)25(20)18-8-6-7-9-19(18)26(22(25)29)23(30)32-24(2,3)4/h6-9,12-13,16-17,20H,5,10-11,14H2,1-4H3/b15-12+/t16-,17+,20+,25+/m0/s1. The van der Waals surface area contributed by atoms with Crippen molar-refractivity contribution in [3.63, 3.8) is 0 Å². The van der Waals surface area contributed by atoms with Gasteiger partial charge in [0, 0.05) is 0 Å². The average molecular weight is 440 g/mol. The number of hydrogen-bond donors (Lipinski definition) is 0. The van der Waals surface area contributed by atoms with Crippen molar-refractivity contribution in [2.75, 3.05) is 11.5 Å². The fourth-order valence-electron chi connectivity index (χ4n) is 5.92. The highest BCUT2D eigenvalue weighted by Gasteiger charge is 2.69. The highest BCUT2D eigenvalue weighted by atomic mass is 16.6. The predicted molar refractivity (Wildman–Crippen MR) is 117 cm³/mol. The third-order valence-corrected chi connectivity index (χ3v) is 6.87. The van der Waals surface area contributed by atoms with Crippen LogP contribution in [0.1, 0.15) is 52.5 Å². The Hall–Kier alpha value is -2.96. The van der Waals surface area contributed by atoms with Crippen molar-refractivity contribution >= 4 is 29.9 Å². The van der Waals surface area contributed by atoms with Crippen LogP contribution >= 0.6 is 0 Å². The number of fused-ring (bicyclic) bond motifs is 3. The summed E-state index contributed by atoms with van der Waals surface area (Å²) in [7, 11) is 0. The van der Waals surface area contributed by atoms with Gasteiger partial charge in [0.1, 0.15) is 11.9 Å². The summed E-state index contributed by atoms with van der Waals surface area (Å²) in [6, 6.07) is 7.13. The van der Waals surface area contributed by atoms with Crippen molar-refractivity contribution in [3.05, 3.63) is 41.5 Å². The number of nitrogens with zero attached hydrogens (tertiary/aromatic N) is 1. The third-order valence-electron chi connectivity index (χ3n) is 6.87. The number of ether oxygens (including phenoxy) is 2. The Morgan fingerprint density at radius 3 is 2.59 bits per heavy atom. The summed E-state index contributed by atoms with van der Waals surface area (Å²) < 4.78 is 11.0. The fraction of sp³-hybridized carbons (Fsp3) is 0.520. The molecular weight excluding hydrogens is 410 g/mol. The highest BCUT2D eigenvalue weighted by molar-refractivity contribution is 6.22. The number of hydrogen-bond acceptors (Lipinski definition) is 6. The van der Waals surface area contributed by atoms with Gasteiger partial charge in [0.2, 0.25) is 5.91 Å². The van der Waals surface area contributed by atoms with E-state index in [-0.39, 0.29) is 18.4 Å². The lowest BCUT2D eigenvalue weighted by Crippen LogP contribution is -2.62. The van der Waals surface area contributed by atoms with E-state index in [0.717, 1.165) is 23.2 Å². The first-order chi connectivity index (χ1) is 15.2. The summed E-state index contributed by atoms with van der Waals surface area (Å²) in [5.41, 5.74) is -0.0130.